The second-order valence-corrected chi connectivity index (χ2v) is 3.77. The van der Waals surface area contributed by atoms with Crippen LogP contribution in [0.3, 0.4) is 0 Å². The molecule has 0 aliphatic carbocycles. The molecular weight excluding hydrogens is 294 g/mol. The van der Waals surface area contributed by atoms with Gasteiger partial charge < -0.3 is 0 Å². The van der Waals surface area contributed by atoms with Crippen molar-refractivity contribution in [3.8, 4) is 0 Å². The summed E-state index contributed by atoms with van der Waals surface area (Å²) < 4.78 is 36.3. The van der Waals surface area contributed by atoms with Gasteiger partial charge in [-0.25, -0.2) is 0 Å². The summed E-state index contributed by atoms with van der Waals surface area (Å²) in [4.78, 5) is 0. The number of nitrogens with one attached hydrogen (secondary N) is 1. The molecule has 1 aromatic rings. The zero-order valence-electron chi connectivity index (χ0n) is 6.74. The molecule has 0 aliphatic heterocycles. The van der Waals surface area contributed by atoms with E-state index in [-0.39, 0.29) is 5.69 Å². The van der Waals surface area contributed by atoms with Crippen LogP contribution >= 0.6 is 22.6 Å². The predicted molar refractivity (Wildman–Crippen MR) is 53.6 cm³/mol. The molecule has 13 heavy (non-hydrogen) atoms. The third-order valence-electron chi connectivity index (χ3n) is 1.40. The Kier molecular flexibility index (Phi) is 3.05. The van der Waals surface area contributed by atoms with Gasteiger partial charge in [0.2, 0.25) is 0 Å². The van der Waals surface area contributed by atoms with Gasteiger partial charge in [-0.15, -0.1) is 0 Å². The standard InChI is InChI=1S/C8H7F3IN/c1-5-2-3-7(6(12)4-5)13-8(9,10)11/h2-4,13H,1H3. The van der Waals surface area contributed by atoms with Crippen molar-refractivity contribution in [2.45, 2.75) is 13.2 Å². The smallest absolute Gasteiger partial charge is 0.296 e. The first-order valence-corrected chi connectivity index (χ1v) is 4.57. The van der Waals surface area contributed by atoms with Crippen LogP contribution in [0.2, 0.25) is 0 Å². The fourth-order valence-electron chi connectivity index (χ4n) is 0.874. The number of benzene rings is 1. The van der Waals surface area contributed by atoms with Crippen molar-refractivity contribution in [1.82, 2.24) is 0 Å². The van der Waals surface area contributed by atoms with E-state index in [4.69, 9.17) is 0 Å². The van der Waals surface area contributed by atoms with Gasteiger partial charge in [-0.2, -0.15) is 13.2 Å². The van der Waals surface area contributed by atoms with Crippen LogP contribution in [0, 0.1) is 10.5 Å². The zero-order valence-corrected chi connectivity index (χ0v) is 8.90. The third kappa shape index (κ3) is 3.41. The third-order valence-corrected chi connectivity index (χ3v) is 2.29. The minimum atomic E-state index is -4.37. The Labute approximate surface area is 87.5 Å². The fraction of sp³-hybridized carbons (Fsp3) is 0.250. The normalized spacial score (nSPS) is 11.5. The molecule has 0 heterocycles. The highest BCUT2D eigenvalue weighted by atomic mass is 127. The molecule has 72 valence electrons. The fourth-order valence-corrected chi connectivity index (χ4v) is 1.68. The van der Waals surface area contributed by atoms with Gasteiger partial charge in [-0.3, -0.25) is 5.32 Å². The van der Waals surface area contributed by atoms with E-state index in [2.05, 4.69) is 0 Å². The van der Waals surface area contributed by atoms with E-state index in [0.717, 1.165) is 5.56 Å². The zero-order chi connectivity index (χ0) is 10.1. The molecule has 0 aromatic heterocycles. The molecule has 0 amide bonds. The Balaban J connectivity index is 2.90. The Morgan fingerprint density at radius 3 is 2.38 bits per heavy atom. The van der Waals surface area contributed by atoms with Gasteiger partial charge in [0, 0.05) is 3.57 Å². The summed E-state index contributed by atoms with van der Waals surface area (Å²) in [6.45, 7) is 1.83. The maximum Gasteiger partial charge on any atom is 0.482 e. The average molecular weight is 301 g/mol. The molecule has 5 heteroatoms. The van der Waals surface area contributed by atoms with Crippen LogP contribution in [0.5, 0.6) is 0 Å². The van der Waals surface area contributed by atoms with Gasteiger partial charge in [0.15, 0.2) is 0 Å². The Morgan fingerprint density at radius 1 is 1.31 bits per heavy atom. The molecular formula is C8H7F3IN. The second-order valence-electron chi connectivity index (χ2n) is 2.61. The first-order chi connectivity index (χ1) is 5.88. The Bertz CT molecular complexity index is 309. The van der Waals surface area contributed by atoms with Gasteiger partial charge >= 0.3 is 6.30 Å². The summed E-state index contributed by atoms with van der Waals surface area (Å²) in [5.74, 6) is 0. The molecule has 0 bridgehead atoms. The molecule has 0 spiro atoms. The van der Waals surface area contributed by atoms with Crippen molar-refractivity contribution in [1.29, 1.82) is 0 Å². The molecule has 0 fully saturated rings. The summed E-state index contributed by atoms with van der Waals surface area (Å²) in [7, 11) is 0. The van der Waals surface area contributed by atoms with Crippen LogP contribution in [0.4, 0.5) is 18.9 Å². The van der Waals surface area contributed by atoms with E-state index in [1.165, 1.54) is 11.4 Å². The number of hydrogen-bond donors (Lipinski definition) is 1. The molecule has 1 rings (SSSR count). The van der Waals surface area contributed by atoms with Crippen molar-refractivity contribution in [3.05, 3.63) is 27.3 Å². The molecule has 1 N–H and O–H groups in total. The van der Waals surface area contributed by atoms with Crippen molar-refractivity contribution in [2.24, 2.45) is 0 Å². The number of alkyl halides is 3. The van der Waals surface area contributed by atoms with Gasteiger partial charge in [0.25, 0.3) is 0 Å². The maximum atomic E-state index is 11.9. The molecule has 0 unspecified atom stereocenters. The Hall–Kier alpha value is -0.460. The summed E-state index contributed by atoms with van der Waals surface area (Å²) >= 11 is 1.86. The molecule has 0 saturated heterocycles. The lowest BCUT2D eigenvalue weighted by molar-refractivity contribution is -0.0999. The van der Waals surface area contributed by atoms with Gasteiger partial charge in [0.1, 0.15) is 0 Å². The largest absolute Gasteiger partial charge is 0.482 e. The van der Waals surface area contributed by atoms with Crippen LogP contribution in [0.15, 0.2) is 18.2 Å². The molecule has 0 saturated carbocycles. The first kappa shape index (κ1) is 10.6. The van der Waals surface area contributed by atoms with Gasteiger partial charge in [0.05, 0.1) is 5.69 Å². The SMILES string of the molecule is Cc1ccc(NC(F)(F)F)c(I)c1. The number of aryl methyl sites for hydroxylation is 1. The predicted octanol–water partition coefficient (Wildman–Crippen LogP) is 3.53. The van der Waals surface area contributed by atoms with Gasteiger partial charge in [-0.05, 0) is 47.2 Å². The quantitative estimate of drug-likeness (QED) is 0.618. The average Bonchev–Trinajstić information content (AvgIpc) is 1.93. The van der Waals surface area contributed by atoms with E-state index < -0.39 is 6.30 Å². The van der Waals surface area contributed by atoms with E-state index in [0.29, 0.717) is 3.57 Å². The number of hydrogen-bond acceptors (Lipinski definition) is 1. The monoisotopic (exact) mass is 301 g/mol. The Morgan fingerprint density at radius 2 is 1.92 bits per heavy atom. The summed E-state index contributed by atoms with van der Waals surface area (Å²) in [6.07, 6.45) is -4.37. The molecule has 1 nitrogen and oxygen atoms in total. The van der Waals surface area contributed by atoms with Crippen molar-refractivity contribution in [3.63, 3.8) is 0 Å². The summed E-state index contributed by atoms with van der Waals surface area (Å²) in [5.41, 5.74) is 1.04. The van der Waals surface area contributed by atoms with Crippen LogP contribution in [-0.2, 0) is 0 Å². The van der Waals surface area contributed by atoms with E-state index in [9.17, 15) is 13.2 Å². The van der Waals surface area contributed by atoms with Crippen LogP contribution < -0.4 is 5.32 Å². The number of anilines is 1. The van der Waals surface area contributed by atoms with Crippen molar-refractivity contribution < 1.29 is 13.2 Å². The first-order valence-electron chi connectivity index (χ1n) is 3.49. The highest BCUT2D eigenvalue weighted by Gasteiger charge is 2.27. The van der Waals surface area contributed by atoms with E-state index >= 15 is 0 Å². The lowest BCUT2D eigenvalue weighted by atomic mass is 10.2. The molecule has 1 aromatic carbocycles. The lowest BCUT2D eigenvalue weighted by Gasteiger charge is -2.11. The molecule has 0 aliphatic rings. The number of halogens is 4. The van der Waals surface area contributed by atoms with E-state index in [1.807, 2.05) is 29.5 Å². The summed E-state index contributed by atoms with van der Waals surface area (Å²) in [5, 5.41) is 1.47. The highest BCUT2D eigenvalue weighted by Crippen LogP contribution is 2.25. The maximum absolute atomic E-state index is 11.9. The highest BCUT2D eigenvalue weighted by molar-refractivity contribution is 14.1. The minimum absolute atomic E-state index is 0.0960. The minimum Gasteiger partial charge on any atom is -0.296 e. The summed E-state index contributed by atoms with van der Waals surface area (Å²) in [6, 6.07) is 4.75. The topological polar surface area (TPSA) is 12.0 Å². The second kappa shape index (κ2) is 3.73. The van der Waals surface area contributed by atoms with Crippen molar-refractivity contribution >= 4 is 28.3 Å². The van der Waals surface area contributed by atoms with Gasteiger partial charge in [-0.1, -0.05) is 6.07 Å². The number of rotatable bonds is 1. The molecule has 0 atom stereocenters. The lowest BCUT2D eigenvalue weighted by Crippen LogP contribution is -2.21. The van der Waals surface area contributed by atoms with Crippen molar-refractivity contribution in [2.75, 3.05) is 5.32 Å². The van der Waals surface area contributed by atoms with E-state index in [1.54, 1.807) is 12.1 Å². The molecule has 0 radical (unpaired) electrons. The van der Waals surface area contributed by atoms with Crippen LogP contribution in [0.1, 0.15) is 5.56 Å². The van der Waals surface area contributed by atoms with Crippen LogP contribution in [-0.4, -0.2) is 6.30 Å². The van der Waals surface area contributed by atoms with Crippen LogP contribution in [0.25, 0.3) is 0 Å².